The van der Waals surface area contributed by atoms with Gasteiger partial charge < -0.3 is 19.5 Å². The lowest BCUT2D eigenvalue weighted by atomic mass is 9.77. The first-order valence-corrected chi connectivity index (χ1v) is 15.0. The molecule has 0 aliphatic heterocycles. The number of hydrogen-bond donors (Lipinski definition) is 1. The summed E-state index contributed by atoms with van der Waals surface area (Å²) >= 11 is 0. The van der Waals surface area contributed by atoms with Gasteiger partial charge in [-0.15, -0.1) is 0 Å². The quantitative estimate of drug-likeness (QED) is 0.218. The van der Waals surface area contributed by atoms with Crippen molar-refractivity contribution in [3.63, 3.8) is 0 Å². The molecule has 0 atom stereocenters. The van der Waals surface area contributed by atoms with Crippen molar-refractivity contribution in [1.82, 2.24) is 24.6 Å². The number of aryl methyl sites for hydroxylation is 1. The highest BCUT2D eigenvalue weighted by atomic mass is 16.5. The second-order valence-electron chi connectivity index (χ2n) is 11.7. The van der Waals surface area contributed by atoms with E-state index in [0.29, 0.717) is 6.54 Å². The molecule has 2 aliphatic rings. The summed E-state index contributed by atoms with van der Waals surface area (Å²) in [6.07, 6.45) is 5.81. The van der Waals surface area contributed by atoms with Crippen molar-refractivity contribution in [2.45, 2.75) is 50.6 Å². The number of nitrogens with zero attached hydrogens (tertiary/aromatic N) is 5. The fraction of sp³-hybridized carbons (Fsp3) is 0.314. The van der Waals surface area contributed by atoms with E-state index in [2.05, 4.69) is 30.3 Å². The number of amides is 1. The number of rotatable bonds is 8. The van der Waals surface area contributed by atoms with E-state index < -0.39 is 6.09 Å². The van der Waals surface area contributed by atoms with Gasteiger partial charge in [0.1, 0.15) is 28.4 Å². The molecule has 2 aromatic carbocycles. The number of ether oxygens (including phenoxy) is 2. The van der Waals surface area contributed by atoms with Gasteiger partial charge >= 0.3 is 6.09 Å². The van der Waals surface area contributed by atoms with Crippen LogP contribution in [0.2, 0.25) is 0 Å². The second kappa shape index (κ2) is 11.3. The van der Waals surface area contributed by atoms with Crippen LogP contribution in [0.5, 0.6) is 11.5 Å². The zero-order chi connectivity index (χ0) is 30.4. The minimum absolute atomic E-state index is 0.0357. The zero-order valence-corrected chi connectivity index (χ0v) is 25.2. The van der Waals surface area contributed by atoms with Crippen LogP contribution < -0.4 is 9.47 Å². The van der Waals surface area contributed by atoms with Gasteiger partial charge in [-0.3, -0.25) is 9.67 Å². The van der Waals surface area contributed by atoms with Gasteiger partial charge in [0.15, 0.2) is 0 Å². The summed E-state index contributed by atoms with van der Waals surface area (Å²) in [6.45, 7) is 0.553. The van der Waals surface area contributed by atoms with Gasteiger partial charge in [-0.1, -0.05) is 30.3 Å². The Morgan fingerprint density at radius 1 is 1.02 bits per heavy atom. The van der Waals surface area contributed by atoms with E-state index in [1.54, 1.807) is 21.3 Å². The Balaban J connectivity index is 1.30. The summed E-state index contributed by atoms with van der Waals surface area (Å²) < 4.78 is 13.3. The molecule has 9 heteroatoms. The predicted octanol–water partition coefficient (Wildman–Crippen LogP) is 6.57. The number of fused-ring (bicyclic) bond motifs is 2. The minimum Gasteiger partial charge on any atom is -0.497 e. The maximum absolute atomic E-state index is 11.3. The number of benzene rings is 2. The summed E-state index contributed by atoms with van der Waals surface area (Å²) in [5.74, 6) is 1.77. The van der Waals surface area contributed by atoms with E-state index in [9.17, 15) is 9.90 Å². The normalized spacial score (nSPS) is 17.2. The van der Waals surface area contributed by atoms with Crippen LogP contribution in [0.15, 0.2) is 66.9 Å². The van der Waals surface area contributed by atoms with Crippen LogP contribution in [0.1, 0.15) is 47.6 Å². The van der Waals surface area contributed by atoms with Crippen LogP contribution in [-0.4, -0.2) is 63.2 Å². The molecule has 224 valence electrons. The van der Waals surface area contributed by atoms with Crippen LogP contribution in [0.25, 0.3) is 33.5 Å². The molecule has 5 aromatic rings. The third kappa shape index (κ3) is 4.92. The molecule has 1 N–H and O–H groups in total. The highest BCUT2D eigenvalue weighted by Crippen LogP contribution is 2.41. The fourth-order valence-corrected chi connectivity index (χ4v) is 6.58. The molecule has 0 unspecified atom stereocenters. The maximum atomic E-state index is 11.3. The molecular formula is C35H35N5O4. The summed E-state index contributed by atoms with van der Waals surface area (Å²) in [6, 6.07) is 20.7. The van der Waals surface area contributed by atoms with E-state index in [4.69, 9.17) is 24.5 Å². The van der Waals surface area contributed by atoms with E-state index in [1.807, 2.05) is 41.2 Å². The molecule has 3 heterocycles. The Hall–Kier alpha value is -4.92. The fourth-order valence-electron chi connectivity index (χ4n) is 6.58. The Labute approximate surface area is 256 Å². The van der Waals surface area contributed by atoms with Gasteiger partial charge in [-0.25, -0.2) is 9.78 Å². The first-order chi connectivity index (χ1) is 21.4. The van der Waals surface area contributed by atoms with Gasteiger partial charge in [0, 0.05) is 48.1 Å². The van der Waals surface area contributed by atoms with Crippen LogP contribution in [-0.2, 0) is 19.4 Å². The average molecular weight is 590 g/mol. The number of methoxy groups -OCH3 is 2. The number of aromatic nitrogens is 4. The Bertz CT molecular complexity index is 1840. The molecule has 0 bridgehead atoms. The molecule has 1 saturated carbocycles. The molecule has 1 fully saturated rings. The van der Waals surface area contributed by atoms with Gasteiger partial charge in [-0.05, 0) is 73.1 Å². The SMILES string of the molecule is COc1ccc(Cn2nc(-c3ccc(C4CC(N(C)C(=O)O)C4)nc3)c3nc(-c4cccc5c4CCC5)c(OC)cc32)cc1. The molecule has 44 heavy (non-hydrogen) atoms. The summed E-state index contributed by atoms with van der Waals surface area (Å²) in [7, 11) is 4.99. The Morgan fingerprint density at radius 3 is 2.55 bits per heavy atom. The van der Waals surface area contributed by atoms with Gasteiger partial charge in [0.05, 0.1) is 26.3 Å². The number of hydrogen-bond acceptors (Lipinski definition) is 6. The third-order valence-corrected chi connectivity index (χ3v) is 9.24. The summed E-state index contributed by atoms with van der Waals surface area (Å²) in [4.78, 5) is 22.8. The van der Waals surface area contributed by atoms with E-state index in [-0.39, 0.29) is 12.0 Å². The van der Waals surface area contributed by atoms with Gasteiger partial charge in [0.2, 0.25) is 0 Å². The van der Waals surface area contributed by atoms with Crippen LogP contribution in [0.3, 0.4) is 0 Å². The molecule has 0 saturated heterocycles. The highest BCUT2D eigenvalue weighted by molar-refractivity contribution is 5.93. The molecular weight excluding hydrogens is 554 g/mol. The lowest BCUT2D eigenvalue weighted by molar-refractivity contribution is 0.104. The molecule has 0 spiro atoms. The average Bonchev–Trinajstić information content (AvgIpc) is 3.65. The zero-order valence-electron chi connectivity index (χ0n) is 25.2. The van der Waals surface area contributed by atoms with Crippen LogP contribution in [0.4, 0.5) is 4.79 Å². The minimum atomic E-state index is -0.891. The van der Waals surface area contributed by atoms with Crippen molar-refractivity contribution in [1.29, 1.82) is 0 Å². The highest BCUT2D eigenvalue weighted by Gasteiger charge is 2.36. The lowest BCUT2D eigenvalue weighted by Gasteiger charge is -2.39. The first kappa shape index (κ1) is 27.9. The van der Waals surface area contributed by atoms with Crippen LogP contribution >= 0.6 is 0 Å². The maximum Gasteiger partial charge on any atom is 0.407 e. The van der Waals surface area contributed by atoms with Crippen molar-refractivity contribution >= 4 is 17.1 Å². The Morgan fingerprint density at radius 2 is 1.84 bits per heavy atom. The smallest absolute Gasteiger partial charge is 0.407 e. The molecule has 2 aliphatic carbocycles. The molecule has 1 amide bonds. The van der Waals surface area contributed by atoms with E-state index >= 15 is 0 Å². The monoisotopic (exact) mass is 589 g/mol. The van der Waals surface area contributed by atoms with Crippen molar-refractivity contribution in [3.8, 4) is 34.0 Å². The molecule has 9 nitrogen and oxygen atoms in total. The summed E-state index contributed by atoms with van der Waals surface area (Å²) in [5, 5.41) is 14.4. The van der Waals surface area contributed by atoms with Gasteiger partial charge in [-0.2, -0.15) is 5.10 Å². The van der Waals surface area contributed by atoms with Crippen molar-refractivity contribution < 1.29 is 19.4 Å². The first-order valence-electron chi connectivity index (χ1n) is 15.0. The number of pyridine rings is 2. The topological polar surface area (TPSA) is 103 Å². The standard InChI is InChI=1S/C35H35N5O4/c1-39(35(41)42)25-16-24(17-25)29-15-12-23(19-36-29)32-34-30(40(38-32)20-21-10-13-26(43-2)14-11-21)18-31(44-3)33(37-34)28-9-5-7-22-6-4-8-27(22)28/h5,7,9-15,18-19,24-25H,4,6,8,16-17,20H2,1-3H3,(H,41,42). The number of carboxylic acid groups (broad SMARTS) is 1. The molecule has 7 rings (SSSR count). The molecule has 3 aromatic heterocycles. The lowest BCUT2D eigenvalue weighted by Crippen LogP contribution is -2.44. The largest absolute Gasteiger partial charge is 0.497 e. The third-order valence-electron chi connectivity index (χ3n) is 9.24. The van der Waals surface area contributed by atoms with E-state index in [1.165, 1.54) is 16.0 Å². The van der Waals surface area contributed by atoms with Gasteiger partial charge in [0.25, 0.3) is 0 Å². The van der Waals surface area contributed by atoms with Crippen LogP contribution in [0, 0.1) is 0 Å². The van der Waals surface area contributed by atoms with Crippen molar-refractivity contribution in [2.24, 2.45) is 0 Å². The predicted molar refractivity (Wildman–Crippen MR) is 168 cm³/mol. The number of carbonyl (C=O) groups is 1. The van der Waals surface area contributed by atoms with Crippen molar-refractivity contribution in [3.05, 3.63) is 89.2 Å². The Kier molecular flexibility index (Phi) is 7.16. The molecule has 0 radical (unpaired) electrons. The van der Waals surface area contributed by atoms with E-state index in [0.717, 1.165) is 88.4 Å². The van der Waals surface area contributed by atoms with Crippen molar-refractivity contribution in [2.75, 3.05) is 21.3 Å². The summed E-state index contributed by atoms with van der Waals surface area (Å²) in [5.41, 5.74) is 10.1. The second-order valence-corrected chi connectivity index (χ2v) is 11.7.